The highest BCUT2D eigenvalue weighted by Gasteiger charge is 2.29. The van der Waals surface area contributed by atoms with Crippen molar-refractivity contribution in [1.82, 2.24) is 15.3 Å². The van der Waals surface area contributed by atoms with Gasteiger partial charge in [0.1, 0.15) is 5.75 Å². The van der Waals surface area contributed by atoms with Gasteiger partial charge in [-0.25, -0.2) is 0 Å². The molecule has 4 heterocycles. The van der Waals surface area contributed by atoms with E-state index in [2.05, 4.69) is 20.6 Å². The van der Waals surface area contributed by atoms with E-state index in [9.17, 15) is 4.79 Å². The molecular formula is C24H25ClN4O4. The summed E-state index contributed by atoms with van der Waals surface area (Å²) in [6, 6.07) is 7.32. The Morgan fingerprint density at radius 2 is 2.21 bits per heavy atom. The van der Waals surface area contributed by atoms with Gasteiger partial charge in [-0.3, -0.25) is 9.78 Å². The lowest BCUT2D eigenvalue weighted by molar-refractivity contribution is -0.0596. The molecular weight excluding hydrogens is 444 g/mol. The fraction of sp³-hybridized carbons (Fsp3) is 0.333. The number of hydrogen-bond acceptors (Lipinski definition) is 6. The number of nitrogens with zero attached hydrogens (tertiary/aromatic N) is 1. The minimum Gasteiger partial charge on any atom is -0.493 e. The number of halogens is 1. The number of aromatic amines is 1. The number of carbonyl (C=O) groups is 1. The van der Waals surface area contributed by atoms with Crippen LogP contribution in [-0.2, 0) is 11.2 Å². The van der Waals surface area contributed by atoms with E-state index in [4.69, 9.17) is 25.8 Å². The van der Waals surface area contributed by atoms with Crippen LogP contribution < -0.4 is 20.1 Å². The third kappa shape index (κ3) is 4.24. The van der Waals surface area contributed by atoms with E-state index < -0.39 is 0 Å². The molecule has 1 unspecified atom stereocenters. The Morgan fingerprint density at radius 1 is 1.33 bits per heavy atom. The van der Waals surface area contributed by atoms with E-state index in [1.807, 2.05) is 18.2 Å². The Kier molecular flexibility index (Phi) is 6.11. The first-order valence-electron chi connectivity index (χ1n) is 11.0. The average Bonchev–Trinajstić information content (AvgIpc) is 3.15. The fourth-order valence-corrected chi connectivity index (χ4v) is 4.42. The number of fused-ring (bicyclic) bond motifs is 1. The first-order valence-corrected chi connectivity index (χ1v) is 11.3. The standard InChI is InChI=1S/C24H25ClN4O4/c1-31-23-16(25)3-2-4-18(23)29-22-20-17(6-10-27-24(20)30)28-21(22)15-5-9-26-13-19(15)33-12-8-14-7-11-32-14/h2-5,9,13-14,28-29H,6-8,10-12H2,1H3,(H,27,30). The van der Waals surface area contributed by atoms with Crippen LogP contribution in [0.3, 0.4) is 0 Å². The van der Waals surface area contributed by atoms with Crippen LogP contribution in [-0.4, -0.2) is 48.8 Å². The van der Waals surface area contributed by atoms with E-state index in [1.165, 1.54) is 0 Å². The second-order valence-corrected chi connectivity index (χ2v) is 8.38. The van der Waals surface area contributed by atoms with Crippen molar-refractivity contribution >= 4 is 28.9 Å². The number of ether oxygens (including phenoxy) is 3. The smallest absolute Gasteiger partial charge is 0.255 e. The molecule has 0 bridgehead atoms. The van der Waals surface area contributed by atoms with Crippen LogP contribution in [0.4, 0.5) is 11.4 Å². The predicted molar refractivity (Wildman–Crippen MR) is 126 cm³/mol. The Labute approximate surface area is 196 Å². The first-order chi connectivity index (χ1) is 16.2. The molecule has 2 aromatic heterocycles. The summed E-state index contributed by atoms with van der Waals surface area (Å²) in [4.78, 5) is 20.5. The maximum absolute atomic E-state index is 12.8. The van der Waals surface area contributed by atoms with Crippen LogP contribution in [0.2, 0.25) is 5.02 Å². The lowest BCUT2D eigenvalue weighted by atomic mass is 10.0. The molecule has 0 saturated carbocycles. The number of methoxy groups -OCH3 is 1. The molecule has 2 aliphatic heterocycles. The summed E-state index contributed by atoms with van der Waals surface area (Å²) in [7, 11) is 1.56. The monoisotopic (exact) mass is 468 g/mol. The SMILES string of the molecule is COc1c(Cl)cccc1Nc1c(-c2ccncc2OCCC2CCO2)[nH]c2c1C(=O)NCC2. The van der Waals surface area contributed by atoms with E-state index >= 15 is 0 Å². The third-order valence-electron chi connectivity index (χ3n) is 5.94. The first kappa shape index (κ1) is 21.6. The van der Waals surface area contributed by atoms with Gasteiger partial charge in [-0.1, -0.05) is 17.7 Å². The molecule has 0 aliphatic carbocycles. The molecule has 1 aromatic carbocycles. The van der Waals surface area contributed by atoms with Crippen molar-refractivity contribution in [2.45, 2.75) is 25.4 Å². The summed E-state index contributed by atoms with van der Waals surface area (Å²) in [5.74, 6) is 1.00. The molecule has 0 radical (unpaired) electrons. The van der Waals surface area contributed by atoms with Crippen LogP contribution in [0, 0.1) is 0 Å². The quantitative estimate of drug-likeness (QED) is 0.455. The summed E-state index contributed by atoms with van der Waals surface area (Å²) in [6.45, 7) is 1.92. The van der Waals surface area contributed by atoms with Gasteiger partial charge >= 0.3 is 0 Å². The van der Waals surface area contributed by atoms with Crippen molar-refractivity contribution < 1.29 is 19.0 Å². The summed E-state index contributed by atoms with van der Waals surface area (Å²) >= 11 is 6.33. The molecule has 8 nitrogen and oxygen atoms in total. The lowest BCUT2D eigenvalue weighted by Crippen LogP contribution is -2.31. The maximum atomic E-state index is 12.8. The van der Waals surface area contributed by atoms with Crippen molar-refractivity contribution in [1.29, 1.82) is 0 Å². The summed E-state index contributed by atoms with van der Waals surface area (Å²) < 4.78 is 17.1. The molecule has 1 amide bonds. The van der Waals surface area contributed by atoms with E-state index in [0.29, 0.717) is 53.0 Å². The van der Waals surface area contributed by atoms with E-state index in [0.717, 1.165) is 36.4 Å². The van der Waals surface area contributed by atoms with Gasteiger partial charge in [0, 0.05) is 43.4 Å². The van der Waals surface area contributed by atoms with Gasteiger partial charge in [-0.2, -0.15) is 0 Å². The number of rotatable bonds is 8. The number of para-hydroxylation sites is 1. The van der Waals surface area contributed by atoms with Crippen molar-refractivity contribution in [3.05, 3.63) is 52.9 Å². The number of anilines is 2. The molecule has 0 spiro atoms. The van der Waals surface area contributed by atoms with Crippen molar-refractivity contribution in [3.8, 4) is 22.8 Å². The highest BCUT2D eigenvalue weighted by Crippen LogP contribution is 2.42. The molecule has 5 rings (SSSR count). The predicted octanol–water partition coefficient (Wildman–Crippen LogP) is 4.33. The van der Waals surface area contributed by atoms with Gasteiger partial charge in [0.15, 0.2) is 5.75 Å². The number of benzene rings is 1. The zero-order valence-corrected chi connectivity index (χ0v) is 19.0. The zero-order valence-electron chi connectivity index (χ0n) is 18.2. The van der Waals surface area contributed by atoms with Gasteiger partial charge in [-0.15, -0.1) is 0 Å². The molecule has 1 fully saturated rings. The number of hydrogen-bond donors (Lipinski definition) is 3. The molecule has 3 N–H and O–H groups in total. The Balaban J connectivity index is 1.55. The van der Waals surface area contributed by atoms with Crippen molar-refractivity contribution in [2.24, 2.45) is 0 Å². The minimum absolute atomic E-state index is 0.138. The normalized spacial score (nSPS) is 17.0. The molecule has 1 saturated heterocycles. The largest absolute Gasteiger partial charge is 0.493 e. The van der Waals surface area contributed by atoms with E-state index in [-0.39, 0.29) is 12.0 Å². The third-order valence-corrected chi connectivity index (χ3v) is 6.24. The number of nitrogens with one attached hydrogen (secondary N) is 3. The summed E-state index contributed by atoms with van der Waals surface area (Å²) in [5.41, 5.74) is 4.29. The minimum atomic E-state index is -0.138. The van der Waals surface area contributed by atoms with Gasteiger partial charge < -0.3 is 29.8 Å². The average molecular weight is 469 g/mol. The van der Waals surface area contributed by atoms with Crippen LogP contribution >= 0.6 is 11.6 Å². The van der Waals surface area contributed by atoms with Gasteiger partial charge in [-0.05, 0) is 24.6 Å². The summed E-state index contributed by atoms with van der Waals surface area (Å²) in [6.07, 6.45) is 6.25. The lowest BCUT2D eigenvalue weighted by Gasteiger charge is -2.26. The summed E-state index contributed by atoms with van der Waals surface area (Å²) in [5, 5.41) is 6.80. The number of amides is 1. The highest BCUT2D eigenvalue weighted by atomic mass is 35.5. The zero-order chi connectivity index (χ0) is 22.8. The Bertz CT molecular complexity index is 1180. The number of aromatic nitrogens is 2. The van der Waals surface area contributed by atoms with Crippen LogP contribution in [0.5, 0.6) is 11.5 Å². The van der Waals surface area contributed by atoms with Gasteiger partial charge in [0.05, 0.1) is 53.7 Å². The highest BCUT2D eigenvalue weighted by molar-refractivity contribution is 6.32. The fourth-order valence-electron chi connectivity index (χ4n) is 4.17. The van der Waals surface area contributed by atoms with Crippen LogP contribution in [0.25, 0.3) is 11.3 Å². The van der Waals surface area contributed by atoms with Crippen LogP contribution in [0.1, 0.15) is 28.9 Å². The Hall–Kier alpha value is -3.23. The molecule has 3 aromatic rings. The van der Waals surface area contributed by atoms with Gasteiger partial charge in [0.25, 0.3) is 5.91 Å². The molecule has 1 atom stereocenters. The molecule has 33 heavy (non-hydrogen) atoms. The number of carbonyl (C=O) groups excluding carboxylic acids is 1. The van der Waals surface area contributed by atoms with Gasteiger partial charge in [0.2, 0.25) is 0 Å². The van der Waals surface area contributed by atoms with Crippen molar-refractivity contribution in [2.75, 3.05) is 32.2 Å². The number of H-pyrrole nitrogens is 1. The maximum Gasteiger partial charge on any atom is 0.255 e. The van der Waals surface area contributed by atoms with E-state index in [1.54, 1.807) is 25.6 Å². The molecule has 9 heteroatoms. The van der Waals surface area contributed by atoms with Crippen LogP contribution in [0.15, 0.2) is 36.7 Å². The van der Waals surface area contributed by atoms with Crippen molar-refractivity contribution in [3.63, 3.8) is 0 Å². The second-order valence-electron chi connectivity index (χ2n) is 7.97. The number of pyridine rings is 1. The second kappa shape index (κ2) is 9.33. The molecule has 2 aliphatic rings. The Morgan fingerprint density at radius 3 is 3.00 bits per heavy atom. The molecule has 172 valence electrons. The topological polar surface area (TPSA) is 97.5 Å².